The minimum absolute atomic E-state index is 0.00699. The molecule has 1 aliphatic rings. The predicted octanol–water partition coefficient (Wildman–Crippen LogP) is 2.38. The van der Waals surface area contributed by atoms with Crippen LogP contribution in [0.3, 0.4) is 0 Å². The Balaban J connectivity index is 2.03. The van der Waals surface area contributed by atoms with Crippen LogP contribution >= 0.6 is 11.3 Å². The van der Waals surface area contributed by atoms with Gasteiger partial charge in [0.2, 0.25) is 5.91 Å². The number of carbonyl (C=O) groups excluding carboxylic acids is 1. The molecular weight excluding hydrogens is 250 g/mol. The highest BCUT2D eigenvalue weighted by Crippen LogP contribution is 2.37. The number of carboxylic acid groups (broad SMARTS) is 1. The number of aliphatic carboxylic acids is 1. The van der Waals surface area contributed by atoms with Crippen molar-refractivity contribution in [1.29, 1.82) is 0 Å². The van der Waals surface area contributed by atoms with E-state index >= 15 is 0 Å². The Morgan fingerprint density at radius 2 is 2.11 bits per heavy atom. The molecule has 18 heavy (non-hydrogen) atoms. The molecule has 0 aliphatic heterocycles. The zero-order chi connectivity index (χ0) is 13.3. The van der Waals surface area contributed by atoms with E-state index in [1.807, 2.05) is 24.4 Å². The highest BCUT2D eigenvalue weighted by molar-refractivity contribution is 7.10. The average Bonchev–Trinajstić information content (AvgIpc) is 2.77. The van der Waals surface area contributed by atoms with Crippen LogP contribution in [-0.2, 0) is 9.59 Å². The van der Waals surface area contributed by atoms with Crippen LogP contribution in [0.25, 0.3) is 0 Å². The van der Waals surface area contributed by atoms with E-state index in [0.29, 0.717) is 12.8 Å². The van der Waals surface area contributed by atoms with Crippen molar-refractivity contribution in [2.75, 3.05) is 7.05 Å². The highest BCUT2D eigenvalue weighted by Gasteiger charge is 2.43. The molecule has 4 nitrogen and oxygen atoms in total. The fraction of sp³-hybridized carbons (Fsp3) is 0.538. The van der Waals surface area contributed by atoms with E-state index in [2.05, 4.69) is 0 Å². The number of hydrogen-bond donors (Lipinski definition) is 1. The number of carbonyl (C=O) groups is 2. The van der Waals surface area contributed by atoms with Crippen molar-refractivity contribution in [2.45, 2.75) is 25.8 Å². The van der Waals surface area contributed by atoms with Crippen molar-refractivity contribution in [3.8, 4) is 0 Å². The Morgan fingerprint density at radius 3 is 2.56 bits per heavy atom. The van der Waals surface area contributed by atoms with Gasteiger partial charge < -0.3 is 10.0 Å². The summed E-state index contributed by atoms with van der Waals surface area (Å²) in [5, 5.41) is 11.0. The van der Waals surface area contributed by atoms with Gasteiger partial charge in [-0.15, -0.1) is 11.3 Å². The van der Waals surface area contributed by atoms with Crippen molar-refractivity contribution in [1.82, 2.24) is 4.90 Å². The normalized spacial score (nSPS) is 24.1. The lowest BCUT2D eigenvalue weighted by Crippen LogP contribution is -2.45. The Kier molecular flexibility index (Phi) is 3.71. The molecule has 1 saturated carbocycles. The minimum Gasteiger partial charge on any atom is -0.481 e. The average molecular weight is 267 g/mol. The molecule has 5 heteroatoms. The van der Waals surface area contributed by atoms with Gasteiger partial charge in [-0.3, -0.25) is 9.59 Å². The molecule has 1 aromatic rings. The first-order valence-electron chi connectivity index (χ1n) is 6.05. The van der Waals surface area contributed by atoms with Gasteiger partial charge in [0, 0.05) is 11.9 Å². The Labute approximate surface area is 110 Å². The first-order valence-corrected chi connectivity index (χ1v) is 6.93. The zero-order valence-corrected chi connectivity index (χ0v) is 11.3. The van der Waals surface area contributed by atoms with Crippen molar-refractivity contribution in [3.63, 3.8) is 0 Å². The topological polar surface area (TPSA) is 57.6 Å². The molecular formula is C13H17NO3S. The Morgan fingerprint density at radius 1 is 1.44 bits per heavy atom. The second-order valence-corrected chi connectivity index (χ2v) is 5.75. The van der Waals surface area contributed by atoms with Crippen molar-refractivity contribution in [2.24, 2.45) is 11.8 Å². The standard InChI is InChI=1S/C13H17NO3S/c1-8(11-4-3-7-18-11)14(2)12(15)9-5-6-10(9)13(16)17/h3-4,7-10H,5-6H2,1-2H3,(H,16,17). The predicted molar refractivity (Wildman–Crippen MR) is 69.4 cm³/mol. The monoisotopic (exact) mass is 267 g/mol. The van der Waals surface area contributed by atoms with E-state index in [0.717, 1.165) is 4.88 Å². The molecule has 2 rings (SSSR count). The van der Waals surface area contributed by atoms with E-state index in [-0.39, 0.29) is 17.9 Å². The smallest absolute Gasteiger partial charge is 0.307 e. The molecule has 0 saturated heterocycles. The van der Waals surface area contributed by atoms with Crippen LogP contribution in [0.15, 0.2) is 17.5 Å². The fourth-order valence-electron chi connectivity index (χ4n) is 2.26. The Bertz CT molecular complexity index is 443. The van der Waals surface area contributed by atoms with Crippen LogP contribution < -0.4 is 0 Å². The largest absolute Gasteiger partial charge is 0.481 e. The third kappa shape index (κ3) is 2.27. The van der Waals surface area contributed by atoms with Gasteiger partial charge in [-0.25, -0.2) is 0 Å². The third-order valence-electron chi connectivity index (χ3n) is 3.79. The lowest BCUT2D eigenvalue weighted by atomic mass is 9.73. The van der Waals surface area contributed by atoms with Crippen LogP contribution in [0, 0.1) is 11.8 Å². The van der Waals surface area contributed by atoms with Gasteiger partial charge in [0.15, 0.2) is 0 Å². The van der Waals surface area contributed by atoms with Gasteiger partial charge in [-0.2, -0.15) is 0 Å². The van der Waals surface area contributed by atoms with Crippen LogP contribution in [0.1, 0.15) is 30.7 Å². The molecule has 1 aromatic heterocycles. The number of nitrogens with zero attached hydrogens (tertiary/aromatic N) is 1. The van der Waals surface area contributed by atoms with Gasteiger partial charge >= 0.3 is 5.97 Å². The molecule has 1 N–H and O–H groups in total. The maximum atomic E-state index is 12.2. The molecule has 0 aromatic carbocycles. The zero-order valence-electron chi connectivity index (χ0n) is 10.5. The van der Waals surface area contributed by atoms with Gasteiger partial charge in [-0.1, -0.05) is 6.07 Å². The van der Waals surface area contributed by atoms with E-state index in [9.17, 15) is 9.59 Å². The molecule has 0 radical (unpaired) electrons. The van der Waals surface area contributed by atoms with Crippen molar-refractivity contribution in [3.05, 3.63) is 22.4 Å². The van der Waals surface area contributed by atoms with E-state index in [1.54, 1.807) is 23.3 Å². The third-order valence-corrected chi connectivity index (χ3v) is 4.83. The summed E-state index contributed by atoms with van der Waals surface area (Å²) in [6, 6.07) is 3.96. The highest BCUT2D eigenvalue weighted by atomic mass is 32.1. The van der Waals surface area contributed by atoms with Crippen molar-refractivity contribution < 1.29 is 14.7 Å². The van der Waals surface area contributed by atoms with Crippen LogP contribution in [0.2, 0.25) is 0 Å². The molecule has 3 unspecified atom stereocenters. The van der Waals surface area contributed by atoms with Crippen LogP contribution in [0.4, 0.5) is 0 Å². The fourth-order valence-corrected chi connectivity index (χ4v) is 3.09. The second-order valence-electron chi connectivity index (χ2n) is 4.77. The second kappa shape index (κ2) is 5.10. The Hall–Kier alpha value is -1.36. The molecule has 98 valence electrons. The number of rotatable bonds is 4. The summed E-state index contributed by atoms with van der Waals surface area (Å²) in [6.07, 6.45) is 1.31. The SMILES string of the molecule is CC(c1cccs1)N(C)C(=O)C1CCC1C(=O)O. The lowest BCUT2D eigenvalue weighted by Gasteiger charge is -2.36. The molecule has 0 spiro atoms. The van der Waals surface area contributed by atoms with E-state index < -0.39 is 11.9 Å². The van der Waals surface area contributed by atoms with E-state index in [1.165, 1.54) is 0 Å². The molecule has 1 amide bonds. The summed E-state index contributed by atoms with van der Waals surface area (Å²) in [7, 11) is 1.75. The van der Waals surface area contributed by atoms with Gasteiger partial charge in [0.25, 0.3) is 0 Å². The quantitative estimate of drug-likeness (QED) is 0.911. The van der Waals surface area contributed by atoms with Gasteiger partial charge in [0.05, 0.1) is 17.9 Å². The first kappa shape index (κ1) is 13.1. The summed E-state index contributed by atoms with van der Waals surface area (Å²) < 4.78 is 0. The van der Waals surface area contributed by atoms with Crippen LogP contribution in [-0.4, -0.2) is 28.9 Å². The molecule has 3 atom stereocenters. The first-order chi connectivity index (χ1) is 8.52. The lowest BCUT2D eigenvalue weighted by molar-refractivity contribution is -0.156. The molecule has 0 bridgehead atoms. The van der Waals surface area contributed by atoms with Crippen molar-refractivity contribution >= 4 is 23.2 Å². The number of thiophene rings is 1. The summed E-state index contributed by atoms with van der Waals surface area (Å²) in [6.45, 7) is 1.97. The maximum Gasteiger partial charge on any atom is 0.307 e. The molecule has 1 aliphatic carbocycles. The number of amides is 1. The van der Waals surface area contributed by atoms with Gasteiger partial charge in [-0.05, 0) is 31.2 Å². The number of hydrogen-bond acceptors (Lipinski definition) is 3. The summed E-state index contributed by atoms with van der Waals surface area (Å²) >= 11 is 1.61. The summed E-state index contributed by atoms with van der Waals surface area (Å²) in [5.41, 5.74) is 0. The molecule has 1 fully saturated rings. The summed E-state index contributed by atoms with van der Waals surface area (Å²) in [5.74, 6) is -1.73. The minimum atomic E-state index is -0.850. The van der Waals surface area contributed by atoms with Gasteiger partial charge in [0.1, 0.15) is 0 Å². The molecule has 1 heterocycles. The number of carboxylic acids is 1. The van der Waals surface area contributed by atoms with E-state index in [4.69, 9.17) is 5.11 Å². The van der Waals surface area contributed by atoms with Crippen LogP contribution in [0.5, 0.6) is 0 Å². The summed E-state index contributed by atoms with van der Waals surface area (Å²) in [4.78, 5) is 26.0. The maximum absolute atomic E-state index is 12.2.